The van der Waals surface area contributed by atoms with E-state index in [1.165, 1.54) is 5.39 Å². The van der Waals surface area contributed by atoms with E-state index in [0.717, 1.165) is 27.5 Å². The summed E-state index contributed by atoms with van der Waals surface area (Å²) in [4.78, 5) is 16.3. The van der Waals surface area contributed by atoms with Crippen molar-refractivity contribution in [1.29, 1.82) is 0 Å². The summed E-state index contributed by atoms with van der Waals surface area (Å²) in [6.45, 7) is 4.24. The van der Waals surface area contributed by atoms with E-state index < -0.39 is 0 Å². The van der Waals surface area contributed by atoms with Crippen LogP contribution in [0.5, 0.6) is 5.75 Å². The topological polar surface area (TPSA) is 65.1 Å². The van der Waals surface area contributed by atoms with Gasteiger partial charge in [0.2, 0.25) is 5.91 Å². The van der Waals surface area contributed by atoms with Crippen molar-refractivity contribution in [2.24, 2.45) is 0 Å². The Morgan fingerprint density at radius 3 is 2.57 bits per heavy atom. The number of fused-ring (bicyclic) bond motifs is 3. The molecule has 4 rings (SSSR count). The largest absolute Gasteiger partial charge is 0.508 e. The number of aromatic nitrogens is 1. The summed E-state index contributed by atoms with van der Waals surface area (Å²) in [5.74, 6) is -0.125. The van der Waals surface area contributed by atoms with Gasteiger partial charge in [-0.3, -0.25) is 4.79 Å². The number of rotatable bonds is 6. The van der Waals surface area contributed by atoms with E-state index in [4.69, 9.17) is 0 Å². The van der Waals surface area contributed by atoms with E-state index in [-0.39, 0.29) is 17.6 Å². The van der Waals surface area contributed by atoms with Gasteiger partial charge < -0.3 is 15.4 Å². The number of allylic oxidation sites excluding steroid dienone is 1. The fourth-order valence-corrected chi connectivity index (χ4v) is 3.58. The second-order valence-electron chi connectivity index (χ2n) is 6.94. The molecule has 0 aliphatic rings. The smallest absolute Gasteiger partial charge is 0.228 e. The molecule has 1 amide bonds. The number of para-hydroxylation sites is 1. The van der Waals surface area contributed by atoms with Crippen molar-refractivity contribution < 1.29 is 9.90 Å². The van der Waals surface area contributed by atoms with Gasteiger partial charge in [-0.05, 0) is 41.8 Å². The number of benzene rings is 3. The summed E-state index contributed by atoms with van der Waals surface area (Å²) in [6.07, 6.45) is 2.34. The van der Waals surface area contributed by atoms with Gasteiger partial charge in [-0.25, -0.2) is 0 Å². The van der Waals surface area contributed by atoms with Crippen molar-refractivity contribution in [3.05, 3.63) is 90.5 Å². The molecule has 28 heavy (non-hydrogen) atoms. The minimum absolute atomic E-state index is 0.0385. The lowest BCUT2D eigenvalue weighted by Gasteiger charge is -2.16. The molecular weight excluding hydrogens is 348 g/mol. The van der Waals surface area contributed by atoms with Gasteiger partial charge in [0.1, 0.15) is 5.75 Å². The molecule has 4 aromatic rings. The number of carbonyl (C=O) groups is 1. The Morgan fingerprint density at radius 1 is 1.04 bits per heavy atom. The predicted molar refractivity (Wildman–Crippen MR) is 113 cm³/mol. The van der Waals surface area contributed by atoms with Crippen LogP contribution in [-0.4, -0.2) is 16.0 Å². The molecule has 0 saturated heterocycles. The lowest BCUT2D eigenvalue weighted by molar-refractivity contribution is -0.122. The fraction of sp³-hybridized carbons (Fsp3) is 0.125. The molecule has 0 radical (unpaired) electrons. The fourth-order valence-electron chi connectivity index (χ4n) is 3.58. The van der Waals surface area contributed by atoms with Crippen LogP contribution in [0.1, 0.15) is 23.5 Å². The lowest BCUT2D eigenvalue weighted by atomic mass is 9.93. The normalized spacial score (nSPS) is 12.1. The Kier molecular flexibility index (Phi) is 4.85. The van der Waals surface area contributed by atoms with Gasteiger partial charge in [0.05, 0.1) is 5.92 Å². The summed E-state index contributed by atoms with van der Waals surface area (Å²) in [5.41, 5.74) is 4.02. The van der Waals surface area contributed by atoms with E-state index in [9.17, 15) is 9.90 Å². The number of amides is 1. The highest BCUT2D eigenvalue weighted by Gasteiger charge is 2.20. The van der Waals surface area contributed by atoms with Crippen LogP contribution in [0, 0.1) is 0 Å². The van der Waals surface area contributed by atoms with Gasteiger partial charge in [0.25, 0.3) is 0 Å². The summed E-state index contributed by atoms with van der Waals surface area (Å²) in [5, 5.41) is 14.7. The van der Waals surface area contributed by atoms with Crippen molar-refractivity contribution in [3.63, 3.8) is 0 Å². The lowest BCUT2D eigenvalue weighted by Crippen LogP contribution is -2.28. The van der Waals surface area contributed by atoms with Gasteiger partial charge in [0, 0.05) is 28.4 Å². The van der Waals surface area contributed by atoms with E-state index >= 15 is 0 Å². The molecule has 0 fully saturated rings. The van der Waals surface area contributed by atoms with Crippen LogP contribution in [0.2, 0.25) is 0 Å². The average Bonchev–Trinajstić information content (AvgIpc) is 3.09. The summed E-state index contributed by atoms with van der Waals surface area (Å²) in [6, 6.07) is 21.2. The number of H-pyrrole nitrogens is 1. The van der Waals surface area contributed by atoms with Crippen LogP contribution in [0.25, 0.3) is 21.8 Å². The van der Waals surface area contributed by atoms with Crippen molar-refractivity contribution >= 4 is 27.7 Å². The number of aromatic amines is 1. The number of carbonyl (C=O) groups excluding carboxylic acids is 1. The molecule has 0 bridgehead atoms. The SMILES string of the molecule is C=CCC(C(=O)NCc1ccc(O)cc1)c1ccc2c(c1)[nH]c1ccccc12. The number of aromatic hydroxyl groups is 1. The van der Waals surface area contributed by atoms with Crippen LogP contribution in [0.15, 0.2) is 79.4 Å². The van der Waals surface area contributed by atoms with Gasteiger partial charge in [-0.2, -0.15) is 0 Å². The zero-order valence-electron chi connectivity index (χ0n) is 15.5. The summed E-state index contributed by atoms with van der Waals surface area (Å²) >= 11 is 0. The van der Waals surface area contributed by atoms with E-state index in [2.05, 4.69) is 41.1 Å². The highest BCUT2D eigenvalue weighted by Crippen LogP contribution is 2.29. The zero-order valence-corrected chi connectivity index (χ0v) is 15.5. The number of phenols is 1. The first-order valence-corrected chi connectivity index (χ1v) is 9.32. The number of hydrogen-bond acceptors (Lipinski definition) is 2. The maximum absolute atomic E-state index is 12.9. The monoisotopic (exact) mass is 370 g/mol. The van der Waals surface area contributed by atoms with Crippen LogP contribution < -0.4 is 5.32 Å². The standard InChI is InChI=1S/C24H22N2O2/c1-2-5-19(24(28)25-15-16-8-11-18(27)12-9-16)17-10-13-21-20-6-3-4-7-22(20)26-23(21)14-17/h2-4,6-14,19,26-27H,1,5,15H2,(H,25,28). The zero-order chi connectivity index (χ0) is 19.5. The molecule has 0 aliphatic heterocycles. The summed E-state index contributed by atoms with van der Waals surface area (Å²) in [7, 11) is 0. The van der Waals surface area contributed by atoms with E-state index in [1.54, 1.807) is 30.3 Å². The average molecular weight is 370 g/mol. The summed E-state index contributed by atoms with van der Waals surface area (Å²) < 4.78 is 0. The molecule has 0 saturated carbocycles. The van der Waals surface area contributed by atoms with Crippen LogP contribution in [-0.2, 0) is 11.3 Å². The molecule has 1 unspecified atom stereocenters. The van der Waals surface area contributed by atoms with Crippen molar-refractivity contribution in [2.75, 3.05) is 0 Å². The Hall–Kier alpha value is -3.53. The maximum Gasteiger partial charge on any atom is 0.228 e. The van der Waals surface area contributed by atoms with E-state index in [1.807, 2.05) is 18.2 Å². The molecule has 1 heterocycles. The molecule has 4 heteroatoms. The van der Waals surface area contributed by atoms with Gasteiger partial charge in [-0.15, -0.1) is 6.58 Å². The Bertz CT molecular complexity index is 1140. The van der Waals surface area contributed by atoms with Crippen LogP contribution in [0.3, 0.4) is 0 Å². The second kappa shape index (κ2) is 7.61. The first-order valence-electron chi connectivity index (χ1n) is 9.32. The number of nitrogens with one attached hydrogen (secondary N) is 2. The molecule has 0 spiro atoms. The van der Waals surface area contributed by atoms with Crippen LogP contribution >= 0.6 is 0 Å². The van der Waals surface area contributed by atoms with Crippen LogP contribution in [0.4, 0.5) is 0 Å². The first-order chi connectivity index (χ1) is 13.7. The molecular formula is C24H22N2O2. The molecule has 4 nitrogen and oxygen atoms in total. The molecule has 1 atom stereocenters. The third-order valence-corrected chi connectivity index (χ3v) is 5.05. The first kappa shape index (κ1) is 17.9. The number of phenolic OH excluding ortho intramolecular Hbond substituents is 1. The molecule has 3 N–H and O–H groups in total. The van der Waals surface area contributed by atoms with Gasteiger partial charge in [-0.1, -0.05) is 48.5 Å². The Balaban J connectivity index is 1.59. The second-order valence-corrected chi connectivity index (χ2v) is 6.94. The van der Waals surface area contributed by atoms with Gasteiger partial charge in [0.15, 0.2) is 0 Å². The molecule has 0 aliphatic carbocycles. The Morgan fingerprint density at radius 2 is 1.79 bits per heavy atom. The molecule has 140 valence electrons. The van der Waals surface area contributed by atoms with E-state index in [0.29, 0.717) is 13.0 Å². The predicted octanol–water partition coefficient (Wildman–Crippen LogP) is 5.00. The minimum atomic E-state index is -0.301. The third kappa shape index (κ3) is 3.49. The quantitative estimate of drug-likeness (QED) is 0.418. The third-order valence-electron chi connectivity index (χ3n) is 5.05. The molecule has 3 aromatic carbocycles. The Labute approximate surface area is 163 Å². The maximum atomic E-state index is 12.9. The molecule has 1 aromatic heterocycles. The number of hydrogen-bond donors (Lipinski definition) is 3. The van der Waals surface area contributed by atoms with Crippen molar-refractivity contribution in [1.82, 2.24) is 10.3 Å². The highest BCUT2D eigenvalue weighted by atomic mass is 16.3. The van der Waals surface area contributed by atoms with Gasteiger partial charge >= 0.3 is 0 Å². The van der Waals surface area contributed by atoms with Crippen molar-refractivity contribution in [3.8, 4) is 5.75 Å². The minimum Gasteiger partial charge on any atom is -0.508 e. The van der Waals surface area contributed by atoms with Crippen molar-refractivity contribution in [2.45, 2.75) is 18.9 Å². The highest BCUT2D eigenvalue weighted by molar-refractivity contribution is 6.07.